The molecular formula is C10H10BrFO4S. The van der Waals surface area contributed by atoms with Gasteiger partial charge in [-0.2, -0.15) is 0 Å². The lowest BCUT2D eigenvalue weighted by molar-refractivity contribution is -0.150. The van der Waals surface area contributed by atoms with Gasteiger partial charge in [-0.25, -0.2) is 17.6 Å². The second-order valence-electron chi connectivity index (χ2n) is 3.73. The number of halogens is 2. The summed E-state index contributed by atoms with van der Waals surface area (Å²) in [7, 11) is -3.43. The van der Waals surface area contributed by atoms with Crippen molar-refractivity contribution in [3.05, 3.63) is 28.2 Å². The second kappa shape index (κ2) is 4.38. The second-order valence-corrected chi connectivity index (χ2v) is 6.56. The molecule has 0 saturated heterocycles. The largest absolute Gasteiger partial charge is 0.479 e. The molecule has 0 aliphatic heterocycles. The summed E-state index contributed by atoms with van der Waals surface area (Å²) in [5.41, 5.74) is -2.68. The molecule has 0 bridgehead atoms. The number of rotatable bonds is 3. The maximum Gasteiger partial charge on any atom is 0.345 e. The molecule has 0 aromatic heterocycles. The lowest BCUT2D eigenvalue weighted by atomic mass is 9.98. The zero-order valence-electron chi connectivity index (χ0n) is 9.07. The monoisotopic (exact) mass is 324 g/mol. The Morgan fingerprint density at radius 1 is 1.47 bits per heavy atom. The predicted molar refractivity (Wildman–Crippen MR) is 63.3 cm³/mol. The fourth-order valence-electron chi connectivity index (χ4n) is 1.22. The SMILES string of the molecule is CC(F)(C(=O)O)c1ccc(S(C)(=O)=O)c(Br)c1. The van der Waals surface area contributed by atoms with Crippen LogP contribution in [0.1, 0.15) is 12.5 Å². The average molecular weight is 325 g/mol. The van der Waals surface area contributed by atoms with Gasteiger partial charge in [-0.3, -0.25) is 0 Å². The molecule has 1 unspecified atom stereocenters. The third kappa shape index (κ3) is 2.84. The van der Waals surface area contributed by atoms with E-state index in [1.165, 1.54) is 6.07 Å². The highest BCUT2D eigenvalue weighted by Gasteiger charge is 2.35. The van der Waals surface area contributed by atoms with Gasteiger partial charge in [0.05, 0.1) is 4.90 Å². The summed E-state index contributed by atoms with van der Waals surface area (Å²) < 4.78 is 36.5. The zero-order chi connectivity index (χ0) is 13.4. The van der Waals surface area contributed by atoms with Crippen LogP contribution < -0.4 is 0 Å². The summed E-state index contributed by atoms with van der Waals surface area (Å²) in [6.07, 6.45) is 1.01. The van der Waals surface area contributed by atoms with Gasteiger partial charge in [0.15, 0.2) is 9.84 Å². The number of benzene rings is 1. The van der Waals surface area contributed by atoms with Crippen LogP contribution in [0.5, 0.6) is 0 Å². The topological polar surface area (TPSA) is 71.4 Å². The number of alkyl halides is 1. The van der Waals surface area contributed by atoms with Crippen molar-refractivity contribution in [2.24, 2.45) is 0 Å². The van der Waals surface area contributed by atoms with Crippen molar-refractivity contribution in [2.75, 3.05) is 6.26 Å². The van der Waals surface area contributed by atoms with Gasteiger partial charge in [-0.15, -0.1) is 0 Å². The number of hydrogen-bond acceptors (Lipinski definition) is 3. The first kappa shape index (κ1) is 14.1. The number of carboxylic acids is 1. The molecule has 0 heterocycles. The number of carbonyl (C=O) groups is 1. The van der Waals surface area contributed by atoms with E-state index in [1.807, 2.05) is 0 Å². The number of carboxylic acid groups (broad SMARTS) is 1. The standard InChI is InChI=1S/C10H10BrFO4S/c1-10(12,9(13)14)6-3-4-8(7(11)5-6)17(2,15)16/h3-5H,1-2H3,(H,13,14). The van der Waals surface area contributed by atoms with Crippen molar-refractivity contribution in [1.29, 1.82) is 0 Å². The van der Waals surface area contributed by atoms with E-state index < -0.39 is 21.5 Å². The minimum atomic E-state index is -3.43. The van der Waals surface area contributed by atoms with Crippen molar-refractivity contribution >= 4 is 31.7 Å². The van der Waals surface area contributed by atoms with Crippen LogP contribution in [0.4, 0.5) is 4.39 Å². The molecule has 1 rings (SSSR count). The van der Waals surface area contributed by atoms with Crippen LogP contribution in [0, 0.1) is 0 Å². The van der Waals surface area contributed by atoms with E-state index in [0.29, 0.717) is 0 Å². The molecule has 1 N–H and O–H groups in total. The van der Waals surface area contributed by atoms with Gasteiger partial charge >= 0.3 is 5.97 Å². The Bertz CT molecular complexity index is 566. The molecule has 1 aromatic rings. The fourth-order valence-corrected chi connectivity index (χ4v) is 3.21. The van der Waals surface area contributed by atoms with Crippen molar-refractivity contribution in [1.82, 2.24) is 0 Å². The summed E-state index contributed by atoms with van der Waals surface area (Å²) in [4.78, 5) is 10.7. The van der Waals surface area contributed by atoms with Gasteiger partial charge in [0.25, 0.3) is 0 Å². The molecule has 7 heteroatoms. The van der Waals surface area contributed by atoms with Crippen LogP contribution in [0.3, 0.4) is 0 Å². The van der Waals surface area contributed by atoms with Crippen LogP contribution in [-0.2, 0) is 20.3 Å². The quantitative estimate of drug-likeness (QED) is 0.924. The molecule has 0 saturated carbocycles. The third-order valence-corrected chi connectivity index (χ3v) is 4.35. The lowest BCUT2D eigenvalue weighted by Gasteiger charge is -2.16. The van der Waals surface area contributed by atoms with E-state index in [9.17, 15) is 17.6 Å². The van der Waals surface area contributed by atoms with Crippen LogP contribution in [0.2, 0.25) is 0 Å². The summed E-state index contributed by atoms with van der Waals surface area (Å²) in [6.45, 7) is 0.900. The van der Waals surface area contributed by atoms with Gasteiger partial charge in [0, 0.05) is 16.3 Å². The summed E-state index contributed by atoms with van der Waals surface area (Å²) in [5.74, 6) is -1.63. The maximum absolute atomic E-state index is 13.8. The van der Waals surface area contributed by atoms with Gasteiger partial charge in [-0.1, -0.05) is 6.07 Å². The van der Waals surface area contributed by atoms with E-state index in [-0.39, 0.29) is 14.9 Å². The number of aliphatic carboxylic acids is 1. The van der Waals surface area contributed by atoms with Crippen LogP contribution >= 0.6 is 15.9 Å². The molecule has 1 aromatic carbocycles. The molecule has 4 nitrogen and oxygen atoms in total. The molecule has 0 spiro atoms. The first-order valence-corrected chi connectivity index (χ1v) is 7.17. The summed E-state index contributed by atoms with van der Waals surface area (Å²) >= 11 is 2.99. The molecule has 0 amide bonds. The maximum atomic E-state index is 13.8. The fraction of sp³-hybridized carbons (Fsp3) is 0.300. The third-order valence-electron chi connectivity index (χ3n) is 2.28. The Balaban J connectivity index is 3.37. The Kier molecular flexibility index (Phi) is 3.63. The van der Waals surface area contributed by atoms with Crippen molar-refractivity contribution < 1.29 is 22.7 Å². The van der Waals surface area contributed by atoms with E-state index in [4.69, 9.17) is 5.11 Å². The Morgan fingerprint density at radius 2 is 2.00 bits per heavy atom. The minimum absolute atomic E-state index is 0.0116. The van der Waals surface area contributed by atoms with E-state index in [2.05, 4.69) is 15.9 Å². The Morgan fingerprint density at radius 3 is 2.35 bits per heavy atom. The normalized spacial score (nSPS) is 15.3. The molecule has 17 heavy (non-hydrogen) atoms. The van der Waals surface area contributed by atoms with Crippen molar-refractivity contribution in [2.45, 2.75) is 17.5 Å². The Labute approximate surface area is 107 Å². The van der Waals surface area contributed by atoms with Crippen LogP contribution in [-0.4, -0.2) is 25.7 Å². The number of sulfone groups is 1. The average Bonchev–Trinajstić information content (AvgIpc) is 2.15. The molecule has 0 aliphatic carbocycles. The van der Waals surface area contributed by atoms with E-state index in [1.54, 1.807) is 0 Å². The van der Waals surface area contributed by atoms with Gasteiger partial charge < -0.3 is 5.11 Å². The van der Waals surface area contributed by atoms with Crippen LogP contribution in [0.15, 0.2) is 27.6 Å². The van der Waals surface area contributed by atoms with Crippen LogP contribution in [0.25, 0.3) is 0 Å². The predicted octanol–water partition coefficient (Wildman–Crippen LogP) is 2.12. The molecule has 0 aliphatic rings. The van der Waals surface area contributed by atoms with Gasteiger partial charge in [-0.05, 0) is 35.0 Å². The van der Waals surface area contributed by atoms with Crippen molar-refractivity contribution in [3.8, 4) is 0 Å². The molecule has 0 fully saturated rings. The zero-order valence-corrected chi connectivity index (χ0v) is 11.5. The summed E-state index contributed by atoms with van der Waals surface area (Å²) in [5, 5.41) is 8.71. The molecular weight excluding hydrogens is 315 g/mol. The molecule has 1 atom stereocenters. The van der Waals surface area contributed by atoms with E-state index >= 15 is 0 Å². The van der Waals surface area contributed by atoms with E-state index in [0.717, 1.165) is 25.3 Å². The van der Waals surface area contributed by atoms with Gasteiger partial charge in [0.1, 0.15) is 0 Å². The lowest BCUT2D eigenvalue weighted by Crippen LogP contribution is -2.26. The Hall–Kier alpha value is -0.950. The number of hydrogen-bond donors (Lipinski definition) is 1. The highest BCUT2D eigenvalue weighted by molar-refractivity contribution is 9.10. The first-order valence-electron chi connectivity index (χ1n) is 4.49. The smallest absolute Gasteiger partial charge is 0.345 e. The first-order chi connectivity index (χ1) is 7.56. The summed E-state index contributed by atoms with van der Waals surface area (Å²) in [6, 6.07) is 3.48. The van der Waals surface area contributed by atoms with Gasteiger partial charge in [0.2, 0.25) is 5.67 Å². The molecule has 94 valence electrons. The highest BCUT2D eigenvalue weighted by Crippen LogP contribution is 2.31. The highest BCUT2D eigenvalue weighted by atomic mass is 79.9. The van der Waals surface area contributed by atoms with Crippen molar-refractivity contribution in [3.63, 3.8) is 0 Å². The minimum Gasteiger partial charge on any atom is -0.479 e. The molecule has 0 radical (unpaired) electrons.